The molecule has 9 aromatic rings. The average molecular weight is 655 g/mol. The second kappa shape index (κ2) is 9.15. The molecular weight excluding hydrogens is 623 g/mol. The van der Waals surface area contributed by atoms with Crippen LogP contribution in [0.2, 0.25) is 0 Å². The first-order valence-corrected chi connectivity index (χ1v) is 18.5. The highest BCUT2D eigenvalue weighted by Gasteiger charge is 2.45. The number of aryl methyl sites for hydroxylation is 1. The first-order chi connectivity index (χ1) is 24.5. The van der Waals surface area contributed by atoms with E-state index in [1.807, 2.05) is 11.3 Å². The maximum atomic E-state index is 2.70. The maximum Gasteiger partial charge on any atom is 0.333 e. The Morgan fingerprint density at radius 1 is 0.600 bits per heavy atom. The summed E-state index contributed by atoms with van der Waals surface area (Å²) in [5.41, 5.74) is 18.7. The van der Waals surface area contributed by atoms with Crippen molar-refractivity contribution < 1.29 is 0 Å². The normalized spacial score (nSPS) is 14.8. The van der Waals surface area contributed by atoms with Crippen molar-refractivity contribution in [3.8, 4) is 27.9 Å². The average Bonchev–Trinajstić information content (AvgIpc) is 3.75. The molecule has 0 saturated heterocycles. The van der Waals surface area contributed by atoms with Gasteiger partial charge in [0, 0.05) is 48.9 Å². The molecule has 0 spiro atoms. The van der Waals surface area contributed by atoms with Crippen LogP contribution in [0.15, 0.2) is 133 Å². The van der Waals surface area contributed by atoms with Crippen LogP contribution in [0.3, 0.4) is 0 Å². The van der Waals surface area contributed by atoms with Gasteiger partial charge < -0.3 is 9.38 Å². The molecule has 0 fully saturated rings. The highest BCUT2D eigenvalue weighted by Crippen LogP contribution is 2.53. The van der Waals surface area contributed by atoms with Crippen LogP contribution in [0.25, 0.3) is 69.9 Å². The predicted octanol–water partition coefficient (Wildman–Crippen LogP) is 11.0. The smallest absolute Gasteiger partial charge is 0.333 e. The Hall–Kier alpha value is -5.58. The third-order valence-electron chi connectivity index (χ3n) is 12.0. The van der Waals surface area contributed by atoms with Gasteiger partial charge in [0.15, 0.2) is 0 Å². The van der Waals surface area contributed by atoms with Gasteiger partial charge >= 0.3 is 6.85 Å². The zero-order valence-electron chi connectivity index (χ0n) is 28.1. The van der Waals surface area contributed by atoms with E-state index in [4.69, 9.17) is 0 Å². The maximum absolute atomic E-state index is 2.70. The summed E-state index contributed by atoms with van der Waals surface area (Å²) in [5.74, 6) is 0. The summed E-state index contributed by atoms with van der Waals surface area (Å²) in [6.45, 7) is 7.06. The molecule has 234 valence electrons. The van der Waals surface area contributed by atoms with E-state index < -0.39 is 0 Å². The second-order valence-corrected chi connectivity index (χ2v) is 16.0. The number of fused-ring (bicyclic) bond motifs is 14. The Bertz CT molecular complexity index is 3000. The number of aromatic nitrogens is 1. The summed E-state index contributed by atoms with van der Waals surface area (Å²) in [5, 5.41) is 5.25. The van der Waals surface area contributed by atoms with Crippen LogP contribution < -0.4 is 15.7 Å². The molecule has 0 N–H and O–H groups in total. The molecule has 0 radical (unpaired) electrons. The molecule has 0 bridgehead atoms. The van der Waals surface area contributed by atoms with Crippen LogP contribution in [0.1, 0.15) is 30.5 Å². The SMILES string of the molecule is Cc1cc2c3c(c1)-n1c4c(cccc4c4sc5ccccc5c41)B3N(c1ccc3c(c1)C(C)(C)c1ccccc1-3)c1c-2ccc2ccccc12. The van der Waals surface area contributed by atoms with Crippen molar-refractivity contribution >= 4 is 82.5 Å². The topological polar surface area (TPSA) is 8.17 Å². The lowest BCUT2D eigenvalue weighted by molar-refractivity contribution is 0.660. The highest BCUT2D eigenvalue weighted by atomic mass is 32.1. The summed E-state index contributed by atoms with van der Waals surface area (Å²) in [6.07, 6.45) is 0. The fourth-order valence-electron chi connectivity index (χ4n) is 9.88. The first-order valence-electron chi connectivity index (χ1n) is 17.6. The van der Waals surface area contributed by atoms with E-state index in [2.05, 4.69) is 164 Å². The summed E-state index contributed by atoms with van der Waals surface area (Å²) in [6, 6.07) is 50.8. The second-order valence-electron chi connectivity index (χ2n) is 15.0. The third-order valence-corrected chi connectivity index (χ3v) is 13.2. The quantitative estimate of drug-likeness (QED) is 0.160. The van der Waals surface area contributed by atoms with E-state index in [0.29, 0.717) is 0 Å². The van der Waals surface area contributed by atoms with Crippen molar-refractivity contribution in [2.24, 2.45) is 0 Å². The zero-order chi connectivity index (χ0) is 33.0. The molecule has 1 aliphatic carbocycles. The molecule has 0 unspecified atom stereocenters. The fraction of sp³-hybridized carbons (Fsp3) is 0.0870. The van der Waals surface area contributed by atoms with Crippen LogP contribution in [0.4, 0.5) is 11.4 Å². The minimum atomic E-state index is -0.0911. The molecule has 0 saturated carbocycles. The molecule has 12 rings (SSSR count). The molecule has 0 amide bonds. The number of nitrogens with zero attached hydrogens (tertiary/aromatic N) is 2. The summed E-state index contributed by atoms with van der Waals surface area (Å²) >= 11 is 1.93. The zero-order valence-corrected chi connectivity index (χ0v) is 28.9. The molecule has 2 nitrogen and oxygen atoms in total. The number of thiophene rings is 1. The number of anilines is 2. The molecular formula is C46H31BN2S. The van der Waals surface area contributed by atoms with Gasteiger partial charge in [-0.15, -0.1) is 11.3 Å². The Labute approximate surface area is 294 Å². The van der Waals surface area contributed by atoms with Gasteiger partial charge in [0.2, 0.25) is 0 Å². The molecule has 7 aromatic carbocycles. The van der Waals surface area contributed by atoms with Crippen LogP contribution in [-0.2, 0) is 5.41 Å². The van der Waals surface area contributed by atoms with Crippen LogP contribution in [0.5, 0.6) is 0 Å². The first kappa shape index (κ1) is 27.3. The standard InChI is InChI=1S/C46H31BN2S/c1-26-23-35-32-21-19-27-11-4-5-12-29(27)42(32)49(28-20-22-31-30-13-6-8-16-36(30)46(2,3)37(31)25-28)47-38-17-10-15-34-43(38)48(39(24-26)41(35)47)44-33-14-7-9-18-40(33)50-45(34)44/h4-25H,1-3H3. The van der Waals surface area contributed by atoms with Gasteiger partial charge in [-0.2, -0.15) is 0 Å². The van der Waals surface area contributed by atoms with Gasteiger partial charge in [0.1, 0.15) is 0 Å². The molecule has 2 aliphatic heterocycles. The summed E-state index contributed by atoms with van der Waals surface area (Å²) in [7, 11) is 0. The van der Waals surface area contributed by atoms with E-state index in [1.165, 1.54) is 109 Å². The van der Waals surface area contributed by atoms with Crippen molar-refractivity contribution in [3.63, 3.8) is 0 Å². The molecule has 4 heterocycles. The minimum absolute atomic E-state index is 0.00955. The number of hydrogen-bond donors (Lipinski definition) is 0. The number of rotatable bonds is 1. The van der Waals surface area contributed by atoms with E-state index in [9.17, 15) is 0 Å². The molecule has 3 aliphatic rings. The van der Waals surface area contributed by atoms with E-state index in [1.54, 1.807) is 0 Å². The number of para-hydroxylation sites is 1. The minimum Gasteiger partial charge on any atom is -0.376 e. The van der Waals surface area contributed by atoms with Crippen molar-refractivity contribution in [2.75, 3.05) is 4.81 Å². The van der Waals surface area contributed by atoms with Crippen molar-refractivity contribution in [1.82, 2.24) is 4.57 Å². The predicted molar refractivity (Wildman–Crippen MR) is 215 cm³/mol. The fourth-order valence-corrected chi connectivity index (χ4v) is 11.1. The third kappa shape index (κ3) is 3.18. The lowest BCUT2D eigenvalue weighted by Gasteiger charge is -2.43. The Kier molecular flexibility index (Phi) is 4.99. The molecule has 2 aromatic heterocycles. The lowest BCUT2D eigenvalue weighted by atomic mass is 9.43. The van der Waals surface area contributed by atoms with Crippen LogP contribution in [0, 0.1) is 6.92 Å². The van der Waals surface area contributed by atoms with Crippen molar-refractivity contribution in [2.45, 2.75) is 26.2 Å². The molecule has 4 heteroatoms. The van der Waals surface area contributed by atoms with Crippen LogP contribution in [-0.4, -0.2) is 11.4 Å². The van der Waals surface area contributed by atoms with Gasteiger partial charge in [0.25, 0.3) is 0 Å². The van der Waals surface area contributed by atoms with Gasteiger partial charge in [-0.05, 0) is 80.9 Å². The lowest BCUT2D eigenvalue weighted by Crippen LogP contribution is -2.60. The number of benzene rings is 7. The van der Waals surface area contributed by atoms with Crippen molar-refractivity contribution in [1.29, 1.82) is 0 Å². The summed E-state index contributed by atoms with van der Waals surface area (Å²) < 4.78 is 5.34. The van der Waals surface area contributed by atoms with E-state index in [-0.39, 0.29) is 12.3 Å². The monoisotopic (exact) mass is 654 g/mol. The molecule has 50 heavy (non-hydrogen) atoms. The number of hydrogen-bond acceptors (Lipinski definition) is 2. The van der Waals surface area contributed by atoms with Crippen molar-refractivity contribution in [3.05, 3.63) is 150 Å². The van der Waals surface area contributed by atoms with E-state index in [0.717, 1.165) is 0 Å². The van der Waals surface area contributed by atoms with Gasteiger partial charge in [-0.25, -0.2) is 0 Å². The Morgan fingerprint density at radius 2 is 1.36 bits per heavy atom. The van der Waals surface area contributed by atoms with Gasteiger partial charge in [-0.1, -0.05) is 123 Å². The molecule has 0 atom stereocenters. The Balaban J connectivity index is 1.24. The largest absolute Gasteiger partial charge is 0.376 e. The van der Waals surface area contributed by atoms with Gasteiger partial charge in [-0.3, -0.25) is 0 Å². The van der Waals surface area contributed by atoms with E-state index >= 15 is 0 Å². The highest BCUT2D eigenvalue weighted by molar-refractivity contribution is 7.26. The summed E-state index contributed by atoms with van der Waals surface area (Å²) in [4.78, 5) is 2.70. The van der Waals surface area contributed by atoms with Gasteiger partial charge in [0.05, 0.1) is 15.7 Å². The van der Waals surface area contributed by atoms with Crippen LogP contribution >= 0.6 is 11.3 Å². The Morgan fingerprint density at radius 3 is 2.28 bits per heavy atom.